The fourth-order valence-electron chi connectivity index (χ4n) is 1.38. The van der Waals surface area contributed by atoms with Crippen LogP contribution in [0.5, 0.6) is 0 Å². The van der Waals surface area contributed by atoms with E-state index in [0.717, 1.165) is 0 Å². The van der Waals surface area contributed by atoms with Crippen molar-refractivity contribution >= 4 is 29.8 Å². The van der Waals surface area contributed by atoms with Gasteiger partial charge in [0.05, 0.1) is 6.42 Å². The summed E-state index contributed by atoms with van der Waals surface area (Å²) in [6.45, 7) is -0.689. The average Bonchev–Trinajstić information content (AvgIpc) is 2.50. The standard InChI is InChI=1S/C12H21N5O7/c13-6(2-1-3-17-12(15)16)10(21)24-11(22)7(14)4-8(19)23-9(20)5-18/h6-7,18H,1-5,13-14H2,(H4,15,16,17). The molecule has 12 nitrogen and oxygen atoms in total. The van der Waals surface area contributed by atoms with Crippen LogP contribution in [0.1, 0.15) is 19.3 Å². The summed E-state index contributed by atoms with van der Waals surface area (Å²) < 4.78 is 8.52. The van der Waals surface area contributed by atoms with Crippen molar-refractivity contribution in [3.63, 3.8) is 0 Å². The first kappa shape index (κ1) is 21.4. The van der Waals surface area contributed by atoms with E-state index in [9.17, 15) is 19.2 Å². The van der Waals surface area contributed by atoms with Crippen molar-refractivity contribution in [3.05, 3.63) is 0 Å². The lowest BCUT2D eigenvalue weighted by molar-refractivity contribution is -0.167. The van der Waals surface area contributed by atoms with Crippen LogP contribution in [0.2, 0.25) is 0 Å². The molecule has 24 heavy (non-hydrogen) atoms. The molecule has 0 aromatic heterocycles. The molecule has 0 aromatic carbocycles. The number of esters is 4. The predicted octanol–water partition coefficient (Wildman–Crippen LogP) is -3.57. The third-order valence-electron chi connectivity index (χ3n) is 2.56. The van der Waals surface area contributed by atoms with E-state index in [-0.39, 0.29) is 12.4 Å². The Morgan fingerprint density at radius 1 is 1.04 bits per heavy atom. The smallest absolute Gasteiger partial charge is 0.339 e. The summed E-state index contributed by atoms with van der Waals surface area (Å²) in [5.74, 6) is -4.80. The van der Waals surface area contributed by atoms with Crippen LogP contribution >= 0.6 is 0 Å². The highest BCUT2D eigenvalue weighted by Gasteiger charge is 2.26. The number of rotatable bonds is 9. The zero-order chi connectivity index (χ0) is 18.7. The molecule has 0 heterocycles. The molecule has 0 saturated carbocycles. The second-order valence-corrected chi connectivity index (χ2v) is 4.64. The molecular formula is C12H21N5O7. The van der Waals surface area contributed by atoms with Gasteiger partial charge in [-0.25, -0.2) is 14.4 Å². The largest absolute Gasteiger partial charge is 0.391 e. The van der Waals surface area contributed by atoms with Crippen molar-refractivity contribution in [1.82, 2.24) is 5.32 Å². The Labute approximate surface area is 137 Å². The van der Waals surface area contributed by atoms with Crippen LogP contribution in [0.3, 0.4) is 0 Å². The van der Waals surface area contributed by atoms with Crippen LogP contribution in [0.15, 0.2) is 0 Å². The van der Waals surface area contributed by atoms with Gasteiger partial charge in [-0.2, -0.15) is 0 Å². The Hall–Kier alpha value is -2.57. The molecule has 0 rings (SSSR count). The van der Waals surface area contributed by atoms with E-state index in [0.29, 0.717) is 13.0 Å². The van der Waals surface area contributed by atoms with Gasteiger partial charge in [0.1, 0.15) is 18.7 Å². The number of aliphatic hydroxyl groups excluding tert-OH is 1. The molecule has 2 atom stereocenters. The normalized spacial score (nSPS) is 12.6. The molecule has 9 N–H and O–H groups in total. The number of hydrogen-bond donors (Lipinski definition) is 6. The summed E-state index contributed by atoms with van der Waals surface area (Å²) in [5.41, 5.74) is 15.9. The van der Waals surface area contributed by atoms with E-state index in [2.05, 4.69) is 14.8 Å². The molecule has 0 spiro atoms. The number of nitrogens with one attached hydrogen (secondary N) is 2. The summed E-state index contributed by atoms with van der Waals surface area (Å²) in [5, 5.41) is 17.8. The second-order valence-electron chi connectivity index (χ2n) is 4.64. The molecular weight excluding hydrogens is 326 g/mol. The Morgan fingerprint density at radius 3 is 2.17 bits per heavy atom. The van der Waals surface area contributed by atoms with Crippen molar-refractivity contribution < 1.29 is 33.8 Å². The van der Waals surface area contributed by atoms with Crippen LogP contribution in [-0.4, -0.2) is 60.2 Å². The lowest BCUT2D eigenvalue weighted by Crippen LogP contribution is -2.41. The predicted molar refractivity (Wildman–Crippen MR) is 79.0 cm³/mol. The maximum absolute atomic E-state index is 11.6. The lowest BCUT2D eigenvalue weighted by atomic mass is 10.1. The SMILES string of the molecule is N=C(N)NCCCC(N)C(=O)OC(=O)C(N)CC(=O)OC(=O)CO. The van der Waals surface area contributed by atoms with Gasteiger partial charge in [0.15, 0.2) is 5.96 Å². The molecule has 0 aliphatic rings. The van der Waals surface area contributed by atoms with Crippen molar-refractivity contribution in [2.45, 2.75) is 31.3 Å². The molecule has 0 fully saturated rings. The Kier molecular flexibility index (Phi) is 9.86. The number of guanidine groups is 1. The van der Waals surface area contributed by atoms with Crippen LogP contribution < -0.4 is 22.5 Å². The maximum atomic E-state index is 11.6. The molecule has 0 amide bonds. The van der Waals surface area contributed by atoms with Gasteiger partial charge in [-0.1, -0.05) is 0 Å². The van der Waals surface area contributed by atoms with Gasteiger partial charge >= 0.3 is 23.9 Å². The molecule has 0 aliphatic heterocycles. The van der Waals surface area contributed by atoms with Crippen molar-refractivity contribution in [2.75, 3.05) is 13.2 Å². The van der Waals surface area contributed by atoms with Crippen molar-refractivity contribution in [2.24, 2.45) is 17.2 Å². The van der Waals surface area contributed by atoms with E-state index >= 15 is 0 Å². The summed E-state index contributed by atoms with van der Waals surface area (Å²) in [4.78, 5) is 45.0. The van der Waals surface area contributed by atoms with E-state index in [1.54, 1.807) is 0 Å². The monoisotopic (exact) mass is 347 g/mol. The van der Waals surface area contributed by atoms with Crippen LogP contribution in [0.4, 0.5) is 0 Å². The van der Waals surface area contributed by atoms with Gasteiger partial charge in [-0.05, 0) is 12.8 Å². The Balaban J connectivity index is 4.18. The molecule has 0 aliphatic carbocycles. The van der Waals surface area contributed by atoms with E-state index in [1.165, 1.54) is 0 Å². The molecule has 0 aromatic rings. The lowest BCUT2D eigenvalue weighted by Gasteiger charge is -2.13. The quantitative estimate of drug-likeness (QED) is 0.0786. The molecule has 12 heteroatoms. The summed E-state index contributed by atoms with van der Waals surface area (Å²) in [7, 11) is 0. The minimum Gasteiger partial charge on any atom is -0.391 e. The van der Waals surface area contributed by atoms with E-state index in [4.69, 9.17) is 27.7 Å². The molecule has 0 bridgehead atoms. The number of aliphatic hydroxyl groups is 1. The summed E-state index contributed by atoms with van der Waals surface area (Å²) >= 11 is 0. The van der Waals surface area contributed by atoms with Crippen LogP contribution in [-0.2, 0) is 28.7 Å². The fourth-order valence-corrected chi connectivity index (χ4v) is 1.38. The van der Waals surface area contributed by atoms with Gasteiger partial charge in [0.2, 0.25) is 0 Å². The highest BCUT2D eigenvalue weighted by molar-refractivity contribution is 5.94. The maximum Gasteiger partial charge on any atom is 0.339 e. The topological polar surface area (TPSA) is 221 Å². The molecule has 136 valence electrons. The number of carbonyl (C=O) groups excluding carboxylic acids is 4. The first-order valence-corrected chi connectivity index (χ1v) is 6.86. The van der Waals surface area contributed by atoms with Crippen molar-refractivity contribution in [3.8, 4) is 0 Å². The molecule has 0 saturated heterocycles. The highest BCUT2D eigenvalue weighted by atomic mass is 16.6. The first-order chi connectivity index (χ1) is 11.2. The average molecular weight is 347 g/mol. The molecule has 0 radical (unpaired) electrons. The number of nitrogens with two attached hydrogens (primary N) is 3. The number of hydrogen-bond acceptors (Lipinski definition) is 10. The van der Waals surface area contributed by atoms with Gasteiger partial charge in [0.25, 0.3) is 0 Å². The highest BCUT2D eigenvalue weighted by Crippen LogP contribution is 2.01. The van der Waals surface area contributed by atoms with Gasteiger partial charge < -0.3 is 37.1 Å². The zero-order valence-corrected chi connectivity index (χ0v) is 12.8. The third kappa shape index (κ3) is 9.45. The minimum atomic E-state index is -1.53. The second kappa shape index (κ2) is 11.0. The van der Waals surface area contributed by atoms with Crippen LogP contribution in [0.25, 0.3) is 0 Å². The zero-order valence-electron chi connectivity index (χ0n) is 12.8. The Bertz CT molecular complexity index is 496. The summed E-state index contributed by atoms with van der Waals surface area (Å²) in [6.07, 6.45) is -0.157. The summed E-state index contributed by atoms with van der Waals surface area (Å²) in [6, 6.07) is -2.63. The minimum absolute atomic E-state index is 0.161. The molecule has 2 unspecified atom stereocenters. The first-order valence-electron chi connectivity index (χ1n) is 6.86. The van der Waals surface area contributed by atoms with Gasteiger partial charge in [-0.3, -0.25) is 10.2 Å². The van der Waals surface area contributed by atoms with E-state index < -0.39 is 49.0 Å². The van der Waals surface area contributed by atoms with Gasteiger partial charge in [0, 0.05) is 6.54 Å². The number of ether oxygens (including phenoxy) is 2. The van der Waals surface area contributed by atoms with Crippen molar-refractivity contribution in [1.29, 1.82) is 5.41 Å². The Morgan fingerprint density at radius 2 is 1.62 bits per heavy atom. The van der Waals surface area contributed by atoms with Gasteiger partial charge in [-0.15, -0.1) is 0 Å². The third-order valence-corrected chi connectivity index (χ3v) is 2.56. The van der Waals surface area contributed by atoms with E-state index in [1.807, 2.05) is 0 Å². The fraction of sp³-hybridized carbons (Fsp3) is 0.583. The van der Waals surface area contributed by atoms with Crippen LogP contribution in [0, 0.1) is 5.41 Å². The number of carbonyl (C=O) groups is 4.